The van der Waals surface area contributed by atoms with Crippen LogP contribution in [0.3, 0.4) is 0 Å². The highest BCUT2D eigenvalue weighted by Crippen LogP contribution is 2.37. The van der Waals surface area contributed by atoms with Crippen molar-refractivity contribution in [2.45, 2.75) is 6.92 Å². The van der Waals surface area contributed by atoms with Crippen molar-refractivity contribution in [2.24, 2.45) is 0 Å². The number of rotatable bonds is 0. The third-order valence-corrected chi connectivity index (χ3v) is 3.36. The summed E-state index contributed by atoms with van der Waals surface area (Å²) in [5, 5.41) is 0. The summed E-state index contributed by atoms with van der Waals surface area (Å²) in [7, 11) is 2.13. The molecule has 0 aromatic heterocycles. The van der Waals surface area contributed by atoms with Crippen molar-refractivity contribution in [3.8, 4) is 0 Å². The number of anilines is 2. The van der Waals surface area contributed by atoms with Crippen molar-refractivity contribution >= 4 is 23.0 Å². The minimum atomic E-state index is 1.26. The van der Waals surface area contributed by atoms with Crippen LogP contribution in [0.2, 0.25) is 0 Å². The number of fused-ring (bicyclic) bond motifs is 2. The topological polar surface area (TPSA) is 3.24 Å². The van der Waals surface area contributed by atoms with E-state index in [1.54, 1.807) is 0 Å². The van der Waals surface area contributed by atoms with Crippen LogP contribution >= 0.6 is 0 Å². The second-order valence-electron chi connectivity index (χ2n) is 4.46. The Morgan fingerprint density at radius 1 is 0.824 bits per heavy atom. The molecule has 1 nitrogen and oxygen atoms in total. The maximum absolute atomic E-state index is 2.26. The van der Waals surface area contributed by atoms with Gasteiger partial charge in [0.25, 0.3) is 0 Å². The quantitative estimate of drug-likeness (QED) is 0.640. The highest BCUT2D eigenvalue weighted by molar-refractivity contribution is 5.94. The number of para-hydroxylation sites is 2. The van der Waals surface area contributed by atoms with E-state index >= 15 is 0 Å². The van der Waals surface area contributed by atoms with Gasteiger partial charge in [-0.1, -0.05) is 36.4 Å². The van der Waals surface area contributed by atoms with Crippen LogP contribution in [0, 0.1) is 0 Å². The van der Waals surface area contributed by atoms with Crippen molar-refractivity contribution in [2.75, 3.05) is 11.9 Å². The Morgan fingerprint density at radius 2 is 1.47 bits per heavy atom. The van der Waals surface area contributed by atoms with Crippen molar-refractivity contribution < 1.29 is 0 Å². The molecule has 1 aliphatic rings. The van der Waals surface area contributed by atoms with Gasteiger partial charge >= 0.3 is 0 Å². The zero-order chi connectivity index (χ0) is 11.8. The highest BCUT2D eigenvalue weighted by atomic mass is 15.1. The second-order valence-corrected chi connectivity index (χ2v) is 4.46. The normalized spacial score (nSPS) is 13.5. The van der Waals surface area contributed by atoms with Gasteiger partial charge < -0.3 is 4.90 Å². The zero-order valence-electron chi connectivity index (χ0n) is 10.1. The molecule has 0 bridgehead atoms. The standard InChI is InChI=1S/C16H15N/c1-12-11-13-7-3-5-9-15(13)17(2)16-10-6-4-8-14(12)16/h3-11H,1-2H3. The van der Waals surface area contributed by atoms with Gasteiger partial charge in [0.2, 0.25) is 0 Å². The summed E-state index contributed by atoms with van der Waals surface area (Å²) < 4.78 is 0. The first-order chi connectivity index (χ1) is 8.27. The number of hydrogen-bond acceptors (Lipinski definition) is 1. The first-order valence-corrected chi connectivity index (χ1v) is 5.88. The van der Waals surface area contributed by atoms with Crippen molar-refractivity contribution in [3.05, 3.63) is 59.7 Å². The van der Waals surface area contributed by atoms with Gasteiger partial charge in [-0.15, -0.1) is 0 Å². The van der Waals surface area contributed by atoms with Crippen LogP contribution in [-0.4, -0.2) is 7.05 Å². The summed E-state index contributed by atoms with van der Waals surface area (Å²) in [5.74, 6) is 0. The van der Waals surface area contributed by atoms with Gasteiger partial charge in [0.1, 0.15) is 0 Å². The van der Waals surface area contributed by atoms with Gasteiger partial charge in [0.15, 0.2) is 0 Å². The van der Waals surface area contributed by atoms with Crippen LogP contribution in [-0.2, 0) is 0 Å². The van der Waals surface area contributed by atoms with E-state index in [1.807, 2.05) is 0 Å². The van der Waals surface area contributed by atoms with Crippen LogP contribution in [0.4, 0.5) is 11.4 Å². The van der Waals surface area contributed by atoms with Crippen LogP contribution < -0.4 is 4.90 Å². The van der Waals surface area contributed by atoms with Gasteiger partial charge in [0, 0.05) is 24.0 Å². The molecule has 3 rings (SSSR count). The van der Waals surface area contributed by atoms with E-state index in [4.69, 9.17) is 0 Å². The van der Waals surface area contributed by atoms with E-state index in [1.165, 1.54) is 28.1 Å². The summed E-state index contributed by atoms with van der Waals surface area (Å²) in [6, 6.07) is 17.1. The Labute approximate surface area is 102 Å². The molecular formula is C16H15N. The molecule has 1 heterocycles. The van der Waals surface area contributed by atoms with Gasteiger partial charge in [-0.05, 0) is 36.3 Å². The predicted molar refractivity (Wildman–Crippen MR) is 74.5 cm³/mol. The average Bonchev–Trinajstić information content (AvgIpc) is 2.48. The summed E-state index contributed by atoms with van der Waals surface area (Å²) in [5.41, 5.74) is 6.44. The van der Waals surface area contributed by atoms with Crippen LogP contribution in [0.5, 0.6) is 0 Å². The largest absolute Gasteiger partial charge is 0.344 e. The van der Waals surface area contributed by atoms with Crippen molar-refractivity contribution in [3.63, 3.8) is 0 Å². The second kappa shape index (κ2) is 3.77. The summed E-state index contributed by atoms with van der Waals surface area (Å²) in [4.78, 5) is 2.26. The van der Waals surface area contributed by atoms with E-state index in [9.17, 15) is 0 Å². The lowest BCUT2D eigenvalue weighted by Crippen LogP contribution is -2.10. The summed E-state index contributed by atoms with van der Waals surface area (Å²) in [6.07, 6.45) is 2.26. The van der Waals surface area contributed by atoms with E-state index in [2.05, 4.69) is 73.5 Å². The van der Waals surface area contributed by atoms with Crippen LogP contribution in [0.1, 0.15) is 18.1 Å². The maximum Gasteiger partial charge on any atom is 0.0484 e. The van der Waals surface area contributed by atoms with E-state index < -0.39 is 0 Å². The third kappa shape index (κ3) is 1.55. The van der Waals surface area contributed by atoms with Gasteiger partial charge in [0.05, 0.1) is 0 Å². The average molecular weight is 221 g/mol. The fourth-order valence-electron chi connectivity index (χ4n) is 2.46. The lowest BCUT2D eigenvalue weighted by molar-refractivity contribution is 1.20. The molecule has 0 unspecified atom stereocenters. The summed E-state index contributed by atoms with van der Waals surface area (Å²) >= 11 is 0. The fraction of sp³-hybridized carbons (Fsp3) is 0.125. The highest BCUT2D eigenvalue weighted by Gasteiger charge is 2.15. The minimum absolute atomic E-state index is 1.26. The number of benzene rings is 2. The van der Waals surface area contributed by atoms with Gasteiger partial charge in [-0.3, -0.25) is 0 Å². The molecule has 0 saturated carbocycles. The summed E-state index contributed by atoms with van der Waals surface area (Å²) in [6.45, 7) is 2.18. The third-order valence-electron chi connectivity index (χ3n) is 3.36. The van der Waals surface area contributed by atoms with E-state index in [-0.39, 0.29) is 0 Å². The molecule has 2 aromatic carbocycles. The van der Waals surface area contributed by atoms with Gasteiger partial charge in [-0.2, -0.15) is 0 Å². The Bertz CT molecular complexity index is 596. The molecule has 84 valence electrons. The first-order valence-electron chi connectivity index (χ1n) is 5.88. The molecular weight excluding hydrogens is 206 g/mol. The van der Waals surface area contributed by atoms with Crippen LogP contribution in [0.15, 0.2) is 48.5 Å². The minimum Gasteiger partial charge on any atom is -0.344 e. The van der Waals surface area contributed by atoms with Gasteiger partial charge in [-0.25, -0.2) is 0 Å². The molecule has 1 heteroatoms. The molecule has 0 spiro atoms. The van der Waals surface area contributed by atoms with Crippen LogP contribution in [0.25, 0.3) is 11.6 Å². The molecule has 0 radical (unpaired) electrons. The molecule has 0 amide bonds. The molecule has 2 aromatic rings. The molecule has 1 aliphatic heterocycles. The monoisotopic (exact) mass is 221 g/mol. The lowest BCUT2D eigenvalue weighted by atomic mass is 10.0. The number of hydrogen-bond donors (Lipinski definition) is 0. The maximum atomic E-state index is 2.26. The zero-order valence-corrected chi connectivity index (χ0v) is 10.1. The number of allylic oxidation sites excluding steroid dienone is 1. The Morgan fingerprint density at radius 3 is 2.29 bits per heavy atom. The molecule has 0 fully saturated rings. The molecule has 0 aliphatic carbocycles. The Hall–Kier alpha value is -2.02. The van der Waals surface area contributed by atoms with E-state index in [0.29, 0.717) is 0 Å². The smallest absolute Gasteiger partial charge is 0.0484 e. The SMILES string of the molecule is CC1=Cc2ccccc2N(C)c2ccccc21. The molecule has 0 saturated heterocycles. The first kappa shape index (κ1) is 10.2. The lowest BCUT2D eigenvalue weighted by Gasteiger charge is -2.21. The molecule has 0 atom stereocenters. The fourth-order valence-corrected chi connectivity index (χ4v) is 2.46. The number of nitrogens with zero attached hydrogens (tertiary/aromatic N) is 1. The molecule has 17 heavy (non-hydrogen) atoms. The predicted octanol–water partition coefficient (Wildman–Crippen LogP) is 4.33. The van der Waals surface area contributed by atoms with Crippen molar-refractivity contribution in [1.29, 1.82) is 0 Å². The Balaban J connectivity index is 2.32. The Kier molecular flexibility index (Phi) is 2.25. The van der Waals surface area contributed by atoms with E-state index in [0.717, 1.165) is 0 Å². The molecule has 0 N–H and O–H groups in total. The van der Waals surface area contributed by atoms with Crippen molar-refractivity contribution in [1.82, 2.24) is 0 Å².